The number of aliphatic hydroxyl groups excluding tert-OH is 1. The van der Waals surface area contributed by atoms with E-state index in [1.807, 2.05) is 48.5 Å². The van der Waals surface area contributed by atoms with Gasteiger partial charge in [-0.05, 0) is 29.8 Å². The van der Waals surface area contributed by atoms with E-state index in [0.717, 1.165) is 22.2 Å². The van der Waals surface area contributed by atoms with E-state index in [1.54, 1.807) is 0 Å². The van der Waals surface area contributed by atoms with Gasteiger partial charge in [-0.2, -0.15) is 0 Å². The van der Waals surface area contributed by atoms with Crippen molar-refractivity contribution < 1.29 is 53.6 Å². The molecule has 0 spiro atoms. The molecule has 0 aliphatic heterocycles. The van der Waals surface area contributed by atoms with Crippen LogP contribution < -0.4 is 0 Å². The van der Waals surface area contributed by atoms with Crippen molar-refractivity contribution in [2.24, 2.45) is 0 Å². The number of hydrogen-bond acceptors (Lipinski definition) is 3. The van der Waals surface area contributed by atoms with Gasteiger partial charge in [-0.3, -0.25) is 0 Å². The van der Waals surface area contributed by atoms with Crippen molar-refractivity contribution in [2.45, 2.75) is 6.61 Å². The fourth-order valence-corrected chi connectivity index (χ4v) is 1.78. The molecule has 0 unspecified atom stereocenters. The van der Waals surface area contributed by atoms with Crippen LogP contribution in [0.3, 0.4) is 0 Å². The molecule has 87 valence electrons. The van der Waals surface area contributed by atoms with Gasteiger partial charge in [0, 0.05) is 49.6 Å². The van der Waals surface area contributed by atoms with Crippen molar-refractivity contribution in [3.05, 3.63) is 54.1 Å². The Morgan fingerprint density at radius 3 is 2.56 bits per heavy atom. The molecule has 0 aliphatic rings. The summed E-state index contributed by atoms with van der Waals surface area (Å²) in [4.78, 5) is 4.41. The number of aromatic nitrogens is 1. The summed E-state index contributed by atoms with van der Waals surface area (Å²) >= 11 is 0. The van der Waals surface area contributed by atoms with Crippen LogP contribution in [-0.2, 0) is 6.61 Å². The monoisotopic (exact) mass is 452 g/mol. The number of oxazole rings is 1. The standard InChI is InChI=1S/C14H11NO2.Ac/c16-9-10-6-7-13-12(8-10)15-14(17-13)11-4-2-1-3-5-11;/h1-8,16H,9H2;. The van der Waals surface area contributed by atoms with E-state index in [1.165, 1.54) is 0 Å². The molecule has 0 saturated carbocycles. The summed E-state index contributed by atoms with van der Waals surface area (Å²) in [5.74, 6) is 0.607. The Kier molecular flexibility index (Phi) is 4.56. The van der Waals surface area contributed by atoms with E-state index in [0.29, 0.717) is 5.89 Å². The second-order valence-electron chi connectivity index (χ2n) is 3.85. The van der Waals surface area contributed by atoms with Gasteiger partial charge in [-0.25, -0.2) is 4.98 Å². The molecule has 1 radical (unpaired) electrons. The summed E-state index contributed by atoms with van der Waals surface area (Å²) in [6.45, 7) is 0.0173. The first kappa shape index (κ1) is 13.7. The zero-order valence-electron chi connectivity index (χ0n) is 9.71. The zero-order chi connectivity index (χ0) is 11.7. The van der Waals surface area contributed by atoms with Gasteiger partial charge in [-0.15, -0.1) is 0 Å². The van der Waals surface area contributed by atoms with Crippen LogP contribution in [0.2, 0.25) is 0 Å². The SMILES string of the molecule is OCc1ccc2oc(-c3ccccc3)nc2c1.[Ac]. The van der Waals surface area contributed by atoms with E-state index >= 15 is 0 Å². The first-order valence-corrected chi connectivity index (χ1v) is 5.42. The third-order valence-electron chi connectivity index (χ3n) is 2.66. The van der Waals surface area contributed by atoms with Crippen LogP contribution in [-0.4, -0.2) is 10.1 Å². The number of fused-ring (bicyclic) bond motifs is 1. The molecule has 1 heterocycles. The number of benzene rings is 2. The second-order valence-corrected chi connectivity index (χ2v) is 3.85. The molecule has 4 heteroatoms. The maximum Gasteiger partial charge on any atom is 0.227 e. The molecule has 1 N–H and O–H groups in total. The first-order chi connectivity index (χ1) is 8.36. The van der Waals surface area contributed by atoms with Crippen LogP contribution in [0.25, 0.3) is 22.6 Å². The summed E-state index contributed by atoms with van der Waals surface area (Å²) < 4.78 is 5.66. The molecule has 2 aromatic carbocycles. The van der Waals surface area contributed by atoms with Crippen LogP contribution in [0.5, 0.6) is 0 Å². The van der Waals surface area contributed by atoms with Crippen LogP contribution in [0.15, 0.2) is 52.9 Å². The van der Waals surface area contributed by atoms with Gasteiger partial charge in [-0.1, -0.05) is 24.3 Å². The smallest absolute Gasteiger partial charge is 0.227 e. The molecular weight excluding hydrogens is 441 g/mol. The van der Waals surface area contributed by atoms with Gasteiger partial charge in [0.1, 0.15) is 5.52 Å². The minimum atomic E-state index is 0. The summed E-state index contributed by atoms with van der Waals surface area (Å²) in [7, 11) is 0. The van der Waals surface area contributed by atoms with Gasteiger partial charge >= 0.3 is 0 Å². The Morgan fingerprint density at radius 2 is 1.83 bits per heavy atom. The molecule has 3 nitrogen and oxygen atoms in total. The predicted octanol–water partition coefficient (Wildman–Crippen LogP) is 2.99. The summed E-state index contributed by atoms with van der Waals surface area (Å²) in [5, 5.41) is 9.06. The average Bonchev–Trinajstić information content (AvgIpc) is 2.82. The van der Waals surface area contributed by atoms with E-state index in [4.69, 9.17) is 9.52 Å². The molecule has 3 rings (SSSR count). The molecule has 0 saturated heterocycles. The Bertz CT molecular complexity index is 649. The van der Waals surface area contributed by atoms with Crippen LogP contribution >= 0.6 is 0 Å². The van der Waals surface area contributed by atoms with E-state index < -0.39 is 0 Å². The van der Waals surface area contributed by atoms with E-state index in [2.05, 4.69) is 4.98 Å². The molecule has 0 amide bonds. The topological polar surface area (TPSA) is 46.3 Å². The van der Waals surface area contributed by atoms with Gasteiger partial charge in [0.05, 0.1) is 6.61 Å². The van der Waals surface area contributed by atoms with Crippen LogP contribution in [0.4, 0.5) is 0 Å². The fraction of sp³-hybridized carbons (Fsp3) is 0.0714. The van der Waals surface area contributed by atoms with Crippen molar-refractivity contribution in [3.8, 4) is 11.5 Å². The Morgan fingerprint density at radius 1 is 1.06 bits per heavy atom. The van der Waals surface area contributed by atoms with Crippen molar-refractivity contribution in [1.82, 2.24) is 4.98 Å². The van der Waals surface area contributed by atoms with Crippen molar-refractivity contribution >= 4 is 11.1 Å². The summed E-state index contributed by atoms with van der Waals surface area (Å²) in [5.41, 5.74) is 3.30. The van der Waals surface area contributed by atoms with Crippen molar-refractivity contribution in [3.63, 3.8) is 0 Å². The van der Waals surface area contributed by atoms with E-state index in [9.17, 15) is 0 Å². The molecule has 0 atom stereocenters. The second kappa shape index (κ2) is 5.97. The zero-order valence-corrected chi connectivity index (χ0v) is 14.5. The number of hydrogen-bond donors (Lipinski definition) is 1. The molecule has 3 aromatic rings. The molecule has 1 aromatic heterocycles. The largest absolute Gasteiger partial charge is 0.436 e. The van der Waals surface area contributed by atoms with Crippen LogP contribution in [0.1, 0.15) is 5.56 Å². The Labute approximate surface area is 140 Å². The minimum Gasteiger partial charge on any atom is -0.436 e. The summed E-state index contributed by atoms with van der Waals surface area (Å²) in [6, 6.07) is 15.3. The molecule has 0 bridgehead atoms. The molecule has 0 aliphatic carbocycles. The number of rotatable bonds is 2. The maximum absolute atomic E-state index is 9.06. The fourth-order valence-electron chi connectivity index (χ4n) is 1.78. The molecule has 18 heavy (non-hydrogen) atoms. The van der Waals surface area contributed by atoms with Crippen LogP contribution in [0, 0.1) is 44.1 Å². The third-order valence-corrected chi connectivity index (χ3v) is 2.66. The van der Waals surface area contributed by atoms with E-state index in [-0.39, 0.29) is 50.7 Å². The van der Waals surface area contributed by atoms with Gasteiger partial charge < -0.3 is 9.52 Å². The van der Waals surface area contributed by atoms with Gasteiger partial charge in [0.15, 0.2) is 5.58 Å². The first-order valence-electron chi connectivity index (χ1n) is 5.42. The molecular formula is C14H11AcNO2. The minimum absolute atomic E-state index is 0. The summed E-state index contributed by atoms with van der Waals surface area (Å²) in [6.07, 6.45) is 0. The Hall–Kier alpha value is -0.688. The number of aliphatic hydroxyl groups is 1. The Balaban J connectivity index is 0.00000120. The predicted molar refractivity (Wildman–Crippen MR) is 65.4 cm³/mol. The van der Waals surface area contributed by atoms with Gasteiger partial charge in [0.2, 0.25) is 5.89 Å². The molecule has 0 fully saturated rings. The van der Waals surface area contributed by atoms with Gasteiger partial charge in [0.25, 0.3) is 0 Å². The quantitative estimate of drug-likeness (QED) is 0.651. The maximum atomic E-state index is 9.06. The third kappa shape index (κ3) is 2.66. The van der Waals surface area contributed by atoms with Crippen molar-refractivity contribution in [2.75, 3.05) is 0 Å². The normalized spacial score (nSPS) is 10.3. The average molecular weight is 452 g/mol. The number of nitrogens with zero attached hydrogens (tertiary/aromatic N) is 1. The van der Waals surface area contributed by atoms with Crippen molar-refractivity contribution in [1.29, 1.82) is 0 Å².